The van der Waals surface area contributed by atoms with Gasteiger partial charge in [0.15, 0.2) is 17.2 Å². The van der Waals surface area contributed by atoms with Gasteiger partial charge < -0.3 is 10.5 Å². The Kier molecular flexibility index (Phi) is 4.95. The van der Waals surface area contributed by atoms with E-state index in [1.54, 1.807) is 24.7 Å². The molecule has 25 heavy (non-hydrogen) atoms. The van der Waals surface area contributed by atoms with Crippen molar-refractivity contribution in [2.75, 3.05) is 0 Å². The summed E-state index contributed by atoms with van der Waals surface area (Å²) < 4.78 is 5.95. The number of primary amides is 1. The van der Waals surface area contributed by atoms with Crippen LogP contribution in [0.3, 0.4) is 0 Å². The van der Waals surface area contributed by atoms with E-state index in [-0.39, 0.29) is 5.69 Å². The molecular formula is C18H16N4O2S. The molecule has 0 unspecified atom stereocenters. The van der Waals surface area contributed by atoms with Crippen LogP contribution in [-0.2, 0) is 0 Å². The Labute approximate surface area is 149 Å². The second kappa shape index (κ2) is 7.31. The van der Waals surface area contributed by atoms with Gasteiger partial charge in [-0.05, 0) is 43.7 Å². The van der Waals surface area contributed by atoms with Gasteiger partial charge in [-0.3, -0.25) is 9.78 Å². The number of hydrogen-bond acceptors (Lipinski definition) is 6. The molecule has 0 atom stereocenters. The molecule has 0 aliphatic rings. The molecular weight excluding hydrogens is 336 g/mol. The van der Waals surface area contributed by atoms with E-state index in [2.05, 4.69) is 15.0 Å². The third-order valence-corrected chi connectivity index (χ3v) is 4.32. The molecule has 6 nitrogen and oxygen atoms in total. The first-order chi connectivity index (χ1) is 12.0. The first-order valence-corrected chi connectivity index (χ1v) is 8.35. The lowest BCUT2D eigenvalue weighted by molar-refractivity contribution is 0.0993. The topological polar surface area (TPSA) is 91.0 Å². The van der Waals surface area contributed by atoms with E-state index in [0.29, 0.717) is 11.5 Å². The summed E-state index contributed by atoms with van der Waals surface area (Å²) in [5.41, 5.74) is 7.14. The number of carbonyl (C=O) groups excluding carboxylic acids is 1. The van der Waals surface area contributed by atoms with E-state index >= 15 is 0 Å². The van der Waals surface area contributed by atoms with Crippen LogP contribution in [-0.4, -0.2) is 20.9 Å². The van der Waals surface area contributed by atoms with Gasteiger partial charge in [0.25, 0.3) is 5.91 Å². The van der Waals surface area contributed by atoms with Crippen molar-refractivity contribution in [1.29, 1.82) is 0 Å². The van der Waals surface area contributed by atoms with Crippen molar-refractivity contribution in [3.8, 4) is 11.5 Å². The molecule has 0 aliphatic carbocycles. The summed E-state index contributed by atoms with van der Waals surface area (Å²) in [4.78, 5) is 25.1. The third kappa shape index (κ3) is 3.95. The molecule has 0 fully saturated rings. The molecule has 126 valence electrons. The maximum Gasteiger partial charge on any atom is 0.271 e. The number of hydrogen-bond donors (Lipinski definition) is 1. The molecule has 0 bridgehead atoms. The summed E-state index contributed by atoms with van der Waals surface area (Å²) in [7, 11) is 0. The summed E-state index contributed by atoms with van der Waals surface area (Å²) >= 11 is 1.42. The van der Waals surface area contributed by atoms with Gasteiger partial charge in [-0.15, -0.1) is 0 Å². The van der Waals surface area contributed by atoms with Gasteiger partial charge in [0.05, 0.1) is 5.69 Å². The van der Waals surface area contributed by atoms with Gasteiger partial charge in [-0.1, -0.05) is 17.8 Å². The van der Waals surface area contributed by atoms with E-state index in [9.17, 15) is 4.79 Å². The number of pyridine rings is 3. The minimum absolute atomic E-state index is 0.0769. The van der Waals surface area contributed by atoms with E-state index < -0.39 is 5.91 Å². The average Bonchev–Trinajstić information content (AvgIpc) is 2.59. The van der Waals surface area contributed by atoms with Crippen LogP contribution in [0.15, 0.2) is 58.8 Å². The summed E-state index contributed by atoms with van der Waals surface area (Å²) in [6, 6.07) is 9.22. The molecule has 0 radical (unpaired) electrons. The summed E-state index contributed by atoms with van der Waals surface area (Å²) in [5.74, 6) is 0.239. The fourth-order valence-electron chi connectivity index (χ4n) is 2.22. The number of nitrogens with zero attached hydrogens (tertiary/aromatic N) is 3. The van der Waals surface area contributed by atoms with Crippen molar-refractivity contribution in [1.82, 2.24) is 15.0 Å². The lowest BCUT2D eigenvalue weighted by Crippen LogP contribution is -2.14. The highest BCUT2D eigenvalue weighted by Gasteiger charge is 2.16. The van der Waals surface area contributed by atoms with Crippen LogP contribution < -0.4 is 10.5 Å². The molecule has 0 saturated heterocycles. The fourth-order valence-corrected chi connectivity index (χ4v) is 2.99. The van der Waals surface area contributed by atoms with E-state index in [4.69, 9.17) is 10.5 Å². The summed E-state index contributed by atoms with van der Waals surface area (Å²) in [6.07, 6.45) is 5.00. The monoisotopic (exact) mass is 352 g/mol. The number of rotatable bonds is 5. The molecule has 7 heteroatoms. The Bertz CT molecular complexity index is 896. The Morgan fingerprint density at radius 1 is 1.12 bits per heavy atom. The zero-order valence-electron chi connectivity index (χ0n) is 13.8. The van der Waals surface area contributed by atoms with Crippen molar-refractivity contribution in [3.05, 3.63) is 65.9 Å². The smallest absolute Gasteiger partial charge is 0.271 e. The highest BCUT2D eigenvalue weighted by molar-refractivity contribution is 7.99. The third-order valence-electron chi connectivity index (χ3n) is 3.41. The molecule has 3 aromatic heterocycles. The van der Waals surface area contributed by atoms with Crippen molar-refractivity contribution in [3.63, 3.8) is 0 Å². The first kappa shape index (κ1) is 16.9. The Morgan fingerprint density at radius 3 is 2.64 bits per heavy atom. The SMILES string of the molecule is Cc1ccnc(C)c1Oc1cc(Sc2ccccn2)cnc1C(N)=O. The summed E-state index contributed by atoms with van der Waals surface area (Å²) in [6.45, 7) is 3.75. The van der Waals surface area contributed by atoms with Crippen LogP contribution >= 0.6 is 11.8 Å². The average molecular weight is 352 g/mol. The molecule has 0 saturated carbocycles. The Morgan fingerprint density at radius 2 is 1.96 bits per heavy atom. The van der Waals surface area contributed by atoms with Crippen LogP contribution in [0.5, 0.6) is 11.5 Å². The number of aryl methyl sites for hydroxylation is 2. The van der Waals surface area contributed by atoms with Crippen LogP contribution in [0, 0.1) is 13.8 Å². The van der Waals surface area contributed by atoms with Crippen LogP contribution in [0.1, 0.15) is 21.7 Å². The predicted octanol–water partition coefficient (Wildman–Crippen LogP) is 3.53. The molecule has 3 rings (SSSR count). The highest BCUT2D eigenvalue weighted by Crippen LogP contribution is 2.33. The number of ether oxygens (including phenoxy) is 1. The minimum Gasteiger partial charge on any atom is -0.453 e. The van der Waals surface area contributed by atoms with Gasteiger partial charge in [-0.25, -0.2) is 9.97 Å². The molecule has 0 spiro atoms. The Hall–Kier alpha value is -2.93. The van der Waals surface area contributed by atoms with E-state index in [0.717, 1.165) is 21.2 Å². The molecule has 0 aromatic carbocycles. The number of aromatic nitrogens is 3. The lowest BCUT2D eigenvalue weighted by Gasteiger charge is -2.13. The van der Waals surface area contributed by atoms with Crippen LogP contribution in [0.25, 0.3) is 0 Å². The molecule has 2 N–H and O–H groups in total. The number of amides is 1. The van der Waals surface area contributed by atoms with Crippen molar-refractivity contribution in [2.45, 2.75) is 23.8 Å². The van der Waals surface area contributed by atoms with Crippen molar-refractivity contribution < 1.29 is 9.53 Å². The standard InChI is InChI=1S/C18H16N4O2S/c1-11-6-8-20-12(2)17(11)24-14-9-13(10-22-16(14)18(19)23)25-15-5-3-4-7-21-15/h3-10H,1-2H3,(H2,19,23). The zero-order valence-corrected chi connectivity index (χ0v) is 14.6. The van der Waals surface area contributed by atoms with Crippen LogP contribution in [0.4, 0.5) is 0 Å². The second-order valence-electron chi connectivity index (χ2n) is 5.30. The van der Waals surface area contributed by atoms with Gasteiger partial charge in [0.2, 0.25) is 0 Å². The van der Waals surface area contributed by atoms with E-state index in [1.807, 2.05) is 38.1 Å². The minimum atomic E-state index is -0.649. The van der Waals surface area contributed by atoms with E-state index in [1.165, 1.54) is 11.8 Å². The first-order valence-electron chi connectivity index (χ1n) is 7.53. The van der Waals surface area contributed by atoms with Gasteiger partial charge in [0.1, 0.15) is 5.03 Å². The highest BCUT2D eigenvalue weighted by atomic mass is 32.2. The predicted molar refractivity (Wildman–Crippen MR) is 94.9 cm³/mol. The second-order valence-corrected chi connectivity index (χ2v) is 6.39. The largest absolute Gasteiger partial charge is 0.453 e. The quantitative estimate of drug-likeness (QED) is 0.755. The molecule has 0 aliphatic heterocycles. The van der Waals surface area contributed by atoms with Crippen molar-refractivity contribution >= 4 is 17.7 Å². The van der Waals surface area contributed by atoms with Gasteiger partial charge >= 0.3 is 0 Å². The lowest BCUT2D eigenvalue weighted by atomic mass is 10.2. The fraction of sp³-hybridized carbons (Fsp3) is 0.111. The maximum atomic E-state index is 11.7. The number of carbonyl (C=O) groups is 1. The normalized spacial score (nSPS) is 10.5. The molecule has 3 heterocycles. The number of nitrogens with two attached hydrogens (primary N) is 1. The van der Waals surface area contributed by atoms with Crippen molar-refractivity contribution in [2.24, 2.45) is 5.73 Å². The summed E-state index contributed by atoms with van der Waals surface area (Å²) in [5, 5.41) is 0.816. The molecule has 1 amide bonds. The van der Waals surface area contributed by atoms with Gasteiger partial charge in [0, 0.05) is 23.5 Å². The Balaban J connectivity index is 1.98. The van der Waals surface area contributed by atoms with Crippen LogP contribution in [0.2, 0.25) is 0 Å². The maximum absolute atomic E-state index is 11.7. The zero-order chi connectivity index (χ0) is 17.8. The van der Waals surface area contributed by atoms with Gasteiger partial charge in [-0.2, -0.15) is 0 Å². The molecule has 3 aromatic rings.